The highest BCUT2D eigenvalue weighted by Gasteiger charge is 2.05. The number of carbonyl (C=O) groups is 1. The van der Waals surface area contributed by atoms with Crippen LogP contribution in [-0.2, 0) is 17.6 Å². The first-order chi connectivity index (χ1) is 10.8. The van der Waals surface area contributed by atoms with Crippen LogP contribution in [0.15, 0.2) is 49.1 Å². The number of aryl methyl sites for hydroxylation is 1. The van der Waals surface area contributed by atoms with Crippen LogP contribution in [0.4, 0.5) is 0 Å². The fraction of sp³-hybridized carbons (Fsp3) is 0.235. The molecule has 0 aliphatic heterocycles. The summed E-state index contributed by atoms with van der Waals surface area (Å²) in [4.78, 5) is 23.2. The zero-order valence-electron chi connectivity index (χ0n) is 12.2. The van der Waals surface area contributed by atoms with Crippen molar-refractivity contribution in [3.8, 4) is 0 Å². The molecule has 0 unspecified atom stereocenters. The van der Waals surface area contributed by atoms with E-state index in [0.29, 0.717) is 19.4 Å². The predicted octanol–water partition coefficient (Wildman–Crippen LogP) is 2.25. The molecule has 0 saturated carbocycles. The lowest BCUT2D eigenvalue weighted by Gasteiger charge is -2.04. The van der Waals surface area contributed by atoms with E-state index in [1.165, 1.54) is 10.9 Å². The average Bonchev–Trinajstić information content (AvgIpc) is 2.97. The molecular weight excluding hydrogens is 276 g/mol. The molecule has 3 rings (SSSR count). The van der Waals surface area contributed by atoms with Crippen LogP contribution in [0.25, 0.3) is 10.9 Å². The molecule has 112 valence electrons. The molecule has 5 heteroatoms. The summed E-state index contributed by atoms with van der Waals surface area (Å²) >= 11 is 0. The Hall–Kier alpha value is -2.69. The number of aromatic nitrogens is 3. The summed E-state index contributed by atoms with van der Waals surface area (Å²) in [6.07, 6.45) is 8.85. The third kappa shape index (κ3) is 3.49. The molecule has 2 aromatic heterocycles. The van der Waals surface area contributed by atoms with Crippen molar-refractivity contribution in [1.82, 2.24) is 20.3 Å². The van der Waals surface area contributed by atoms with Gasteiger partial charge in [-0.05, 0) is 24.5 Å². The maximum Gasteiger partial charge on any atom is 0.220 e. The van der Waals surface area contributed by atoms with E-state index in [-0.39, 0.29) is 5.91 Å². The van der Waals surface area contributed by atoms with Gasteiger partial charge >= 0.3 is 0 Å². The summed E-state index contributed by atoms with van der Waals surface area (Å²) in [5, 5.41) is 4.17. The van der Waals surface area contributed by atoms with Crippen molar-refractivity contribution < 1.29 is 4.79 Å². The molecule has 2 N–H and O–H groups in total. The lowest BCUT2D eigenvalue weighted by molar-refractivity contribution is -0.121. The fourth-order valence-corrected chi connectivity index (χ4v) is 2.46. The van der Waals surface area contributed by atoms with Gasteiger partial charge in [-0.15, -0.1) is 0 Å². The standard InChI is InChI=1S/C17H18N4O/c22-17(6-5-14-12-18-9-10-19-14)20-8-7-13-11-21-16-4-2-1-3-15(13)16/h1-4,9-12,21H,5-8H2,(H,20,22). The molecule has 2 heterocycles. The number of carbonyl (C=O) groups excluding carboxylic acids is 1. The maximum absolute atomic E-state index is 11.8. The number of para-hydroxylation sites is 1. The monoisotopic (exact) mass is 294 g/mol. The summed E-state index contributed by atoms with van der Waals surface area (Å²) in [5.41, 5.74) is 3.20. The lowest BCUT2D eigenvalue weighted by Crippen LogP contribution is -2.25. The number of benzene rings is 1. The Bertz CT molecular complexity index is 751. The van der Waals surface area contributed by atoms with Gasteiger partial charge in [-0.25, -0.2) is 0 Å². The number of hydrogen-bond donors (Lipinski definition) is 2. The summed E-state index contributed by atoms with van der Waals surface area (Å²) in [5.74, 6) is 0.0468. The zero-order valence-corrected chi connectivity index (χ0v) is 12.2. The highest BCUT2D eigenvalue weighted by atomic mass is 16.1. The number of fused-ring (bicyclic) bond motifs is 1. The Morgan fingerprint density at radius 1 is 1.18 bits per heavy atom. The second kappa shape index (κ2) is 6.85. The molecular formula is C17H18N4O. The second-order valence-corrected chi connectivity index (χ2v) is 5.16. The van der Waals surface area contributed by atoms with Crippen molar-refractivity contribution in [3.05, 3.63) is 60.3 Å². The largest absolute Gasteiger partial charge is 0.361 e. The van der Waals surface area contributed by atoms with Gasteiger partial charge in [0.05, 0.1) is 5.69 Å². The minimum atomic E-state index is 0.0468. The van der Waals surface area contributed by atoms with E-state index in [9.17, 15) is 4.79 Å². The molecule has 0 radical (unpaired) electrons. The van der Waals surface area contributed by atoms with Gasteiger partial charge in [-0.3, -0.25) is 14.8 Å². The molecule has 0 fully saturated rings. The van der Waals surface area contributed by atoms with Crippen LogP contribution in [0.2, 0.25) is 0 Å². The summed E-state index contributed by atoms with van der Waals surface area (Å²) in [6, 6.07) is 8.19. The highest BCUT2D eigenvalue weighted by Crippen LogP contribution is 2.17. The van der Waals surface area contributed by atoms with Crippen molar-refractivity contribution in [2.75, 3.05) is 6.54 Å². The predicted molar refractivity (Wildman–Crippen MR) is 85.4 cm³/mol. The first-order valence-corrected chi connectivity index (χ1v) is 7.39. The minimum Gasteiger partial charge on any atom is -0.361 e. The van der Waals surface area contributed by atoms with Crippen LogP contribution >= 0.6 is 0 Å². The molecule has 0 saturated heterocycles. The number of nitrogens with one attached hydrogen (secondary N) is 2. The molecule has 3 aromatic rings. The molecule has 22 heavy (non-hydrogen) atoms. The van der Waals surface area contributed by atoms with Crippen molar-refractivity contribution in [2.24, 2.45) is 0 Å². The molecule has 0 spiro atoms. The summed E-state index contributed by atoms with van der Waals surface area (Å²) in [7, 11) is 0. The first-order valence-electron chi connectivity index (χ1n) is 7.39. The highest BCUT2D eigenvalue weighted by molar-refractivity contribution is 5.83. The molecule has 1 amide bonds. The van der Waals surface area contributed by atoms with Crippen molar-refractivity contribution in [3.63, 3.8) is 0 Å². The van der Waals surface area contributed by atoms with Crippen molar-refractivity contribution >= 4 is 16.8 Å². The Balaban J connectivity index is 1.45. The lowest BCUT2D eigenvalue weighted by atomic mass is 10.1. The van der Waals surface area contributed by atoms with Gasteiger partial charge in [0.25, 0.3) is 0 Å². The molecule has 0 aliphatic carbocycles. The molecule has 1 aromatic carbocycles. The Kier molecular flexibility index (Phi) is 4.44. The van der Waals surface area contributed by atoms with E-state index in [1.54, 1.807) is 18.6 Å². The zero-order chi connectivity index (χ0) is 15.2. The Morgan fingerprint density at radius 3 is 2.95 bits per heavy atom. The number of nitrogens with zero attached hydrogens (tertiary/aromatic N) is 2. The Morgan fingerprint density at radius 2 is 2.09 bits per heavy atom. The van der Waals surface area contributed by atoms with E-state index in [0.717, 1.165) is 17.6 Å². The Labute approximate surface area is 128 Å². The van der Waals surface area contributed by atoms with E-state index < -0.39 is 0 Å². The van der Waals surface area contributed by atoms with E-state index in [1.807, 2.05) is 18.3 Å². The third-order valence-corrected chi connectivity index (χ3v) is 3.62. The fourth-order valence-electron chi connectivity index (χ4n) is 2.46. The van der Waals surface area contributed by atoms with Gasteiger partial charge in [-0.1, -0.05) is 18.2 Å². The average molecular weight is 294 g/mol. The van der Waals surface area contributed by atoms with Crippen LogP contribution in [0.3, 0.4) is 0 Å². The maximum atomic E-state index is 11.8. The first kappa shape index (κ1) is 14.3. The van der Waals surface area contributed by atoms with E-state index >= 15 is 0 Å². The van der Waals surface area contributed by atoms with Gasteiger partial charge < -0.3 is 10.3 Å². The molecule has 0 atom stereocenters. The topological polar surface area (TPSA) is 70.7 Å². The van der Waals surface area contributed by atoms with E-state index in [4.69, 9.17) is 0 Å². The smallest absolute Gasteiger partial charge is 0.220 e. The summed E-state index contributed by atoms with van der Waals surface area (Å²) < 4.78 is 0. The van der Waals surface area contributed by atoms with Crippen LogP contribution < -0.4 is 5.32 Å². The minimum absolute atomic E-state index is 0.0468. The molecule has 0 aliphatic rings. The van der Waals surface area contributed by atoms with Gasteiger partial charge in [0.15, 0.2) is 0 Å². The number of H-pyrrole nitrogens is 1. The number of amides is 1. The number of hydrogen-bond acceptors (Lipinski definition) is 3. The molecule has 0 bridgehead atoms. The van der Waals surface area contributed by atoms with Gasteiger partial charge in [0.2, 0.25) is 5.91 Å². The van der Waals surface area contributed by atoms with Crippen LogP contribution in [0.1, 0.15) is 17.7 Å². The van der Waals surface area contributed by atoms with E-state index in [2.05, 4.69) is 32.4 Å². The second-order valence-electron chi connectivity index (χ2n) is 5.16. The molecule has 5 nitrogen and oxygen atoms in total. The summed E-state index contributed by atoms with van der Waals surface area (Å²) in [6.45, 7) is 0.640. The van der Waals surface area contributed by atoms with Gasteiger partial charge in [0.1, 0.15) is 0 Å². The van der Waals surface area contributed by atoms with Gasteiger partial charge in [-0.2, -0.15) is 0 Å². The quantitative estimate of drug-likeness (QED) is 0.732. The third-order valence-electron chi connectivity index (χ3n) is 3.62. The van der Waals surface area contributed by atoms with Crippen molar-refractivity contribution in [2.45, 2.75) is 19.3 Å². The SMILES string of the molecule is O=C(CCc1cnccn1)NCCc1c[nH]c2ccccc12. The van der Waals surface area contributed by atoms with Crippen molar-refractivity contribution in [1.29, 1.82) is 0 Å². The van der Waals surface area contributed by atoms with Gasteiger partial charge in [0, 0.05) is 48.7 Å². The van der Waals surface area contributed by atoms with Crippen LogP contribution in [-0.4, -0.2) is 27.4 Å². The normalized spacial score (nSPS) is 10.7. The van der Waals surface area contributed by atoms with Crippen LogP contribution in [0.5, 0.6) is 0 Å². The number of rotatable bonds is 6. The van der Waals surface area contributed by atoms with Crippen LogP contribution in [0, 0.1) is 0 Å². The number of aromatic amines is 1.